The number of halogens is 1. The van der Waals surface area contributed by atoms with Crippen molar-refractivity contribution < 1.29 is 9.53 Å². The van der Waals surface area contributed by atoms with Gasteiger partial charge in [0.05, 0.1) is 0 Å². The van der Waals surface area contributed by atoms with Crippen molar-refractivity contribution in [1.82, 2.24) is 4.90 Å². The zero-order valence-corrected chi connectivity index (χ0v) is 14.6. The minimum atomic E-state index is -0.196. The molecule has 0 aromatic heterocycles. The van der Waals surface area contributed by atoms with Gasteiger partial charge in [0, 0.05) is 19.1 Å². The molecule has 2 N–H and O–H groups in total. The normalized spacial score (nSPS) is 25.9. The van der Waals surface area contributed by atoms with E-state index in [0.717, 1.165) is 37.9 Å². The van der Waals surface area contributed by atoms with Gasteiger partial charge in [0.1, 0.15) is 6.61 Å². The van der Waals surface area contributed by atoms with Crippen LogP contribution < -0.4 is 5.73 Å². The molecule has 1 aromatic rings. The highest BCUT2D eigenvalue weighted by atomic mass is 35.5. The Balaban J connectivity index is 0.00000192. The molecule has 1 aliphatic carbocycles. The van der Waals surface area contributed by atoms with Crippen molar-refractivity contribution in [2.24, 2.45) is 17.1 Å². The molecule has 1 saturated heterocycles. The van der Waals surface area contributed by atoms with E-state index in [1.54, 1.807) is 0 Å². The molecule has 2 atom stereocenters. The number of ether oxygens (including phenoxy) is 1. The summed E-state index contributed by atoms with van der Waals surface area (Å²) in [5, 5.41) is 0. The molecule has 4 nitrogen and oxygen atoms in total. The summed E-state index contributed by atoms with van der Waals surface area (Å²) in [4.78, 5) is 14.0. The van der Waals surface area contributed by atoms with E-state index in [1.165, 1.54) is 6.42 Å². The minimum Gasteiger partial charge on any atom is -0.445 e. The number of rotatable bonds is 2. The minimum absolute atomic E-state index is 0. The number of nitrogens with two attached hydrogens (primary N) is 1. The summed E-state index contributed by atoms with van der Waals surface area (Å²) in [6.45, 7) is 4.18. The van der Waals surface area contributed by atoms with Gasteiger partial charge in [-0.1, -0.05) is 37.3 Å². The van der Waals surface area contributed by atoms with Crippen molar-refractivity contribution in [3.63, 3.8) is 0 Å². The average Bonchev–Trinajstić information content (AvgIpc) is 2.80. The summed E-state index contributed by atoms with van der Waals surface area (Å²) >= 11 is 0. The van der Waals surface area contributed by atoms with E-state index in [1.807, 2.05) is 35.2 Å². The van der Waals surface area contributed by atoms with Crippen LogP contribution >= 0.6 is 12.4 Å². The van der Waals surface area contributed by atoms with Crippen molar-refractivity contribution >= 4 is 18.5 Å². The lowest BCUT2D eigenvalue weighted by molar-refractivity contribution is 0.0570. The van der Waals surface area contributed by atoms with Gasteiger partial charge in [0.15, 0.2) is 0 Å². The maximum atomic E-state index is 12.2. The van der Waals surface area contributed by atoms with Crippen molar-refractivity contribution in [2.45, 2.75) is 45.3 Å². The van der Waals surface area contributed by atoms with Crippen LogP contribution in [0.3, 0.4) is 0 Å². The molecule has 0 unspecified atom stereocenters. The van der Waals surface area contributed by atoms with E-state index in [2.05, 4.69) is 6.92 Å². The highest BCUT2D eigenvalue weighted by Crippen LogP contribution is 2.47. The Bertz CT molecular complexity index is 515. The van der Waals surface area contributed by atoms with E-state index in [-0.39, 0.29) is 23.9 Å². The first kappa shape index (κ1) is 18.1. The summed E-state index contributed by atoms with van der Waals surface area (Å²) in [6, 6.07) is 10.1. The second-order valence-electron chi connectivity index (χ2n) is 7.04. The van der Waals surface area contributed by atoms with Gasteiger partial charge in [-0.15, -0.1) is 12.4 Å². The van der Waals surface area contributed by atoms with Gasteiger partial charge in [0.2, 0.25) is 0 Å². The van der Waals surface area contributed by atoms with E-state index in [9.17, 15) is 4.79 Å². The third-order valence-electron chi connectivity index (χ3n) is 5.42. The van der Waals surface area contributed by atoms with Crippen molar-refractivity contribution in [2.75, 3.05) is 13.1 Å². The molecule has 2 aliphatic rings. The molecule has 1 aliphatic heterocycles. The second kappa shape index (κ2) is 7.54. The Hall–Kier alpha value is -1.26. The van der Waals surface area contributed by atoms with Crippen LogP contribution in [-0.2, 0) is 11.3 Å². The predicted octanol–water partition coefficient (Wildman–Crippen LogP) is 3.58. The first-order chi connectivity index (χ1) is 10.6. The van der Waals surface area contributed by atoms with Gasteiger partial charge >= 0.3 is 6.09 Å². The largest absolute Gasteiger partial charge is 0.445 e. The van der Waals surface area contributed by atoms with Crippen LogP contribution in [0.15, 0.2) is 30.3 Å². The van der Waals surface area contributed by atoms with E-state index in [4.69, 9.17) is 10.5 Å². The molecule has 3 rings (SSSR count). The number of piperidine rings is 1. The lowest BCUT2D eigenvalue weighted by Gasteiger charge is -2.41. The molecule has 1 aromatic carbocycles. The quantitative estimate of drug-likeness (QED) is 0.896. The van der Waals surface area contributed by atoms with Crippen LogP contribution in [0, 0.1) is 11.3 Å². The fourth-order valence-electron chi connectivity index (χ4n) is 4.13. The molecule has 1 saturated carbocycles. The Labute approximate surface area is 144 Å². The summed E-state index contributed by atoms with van der Waals surface area (Å²) in [6.07, 6.45) is 4.16. The summed E-state index contributed by atoms with van der Waals surface area (Å²) in [7, 11) is 0. The molecule has 1 heterocycles. The van der Waals surface area contributed by atoms with Crippen LogP contribution in [0.4, 0.5) is 4.79 Å². The standard InChI is InChI=1S/C18H26N2O2.ClH/c1-14-11-16(19)18(12-14)7-9-20(10-8-18)17(21)22-13-15-5-3-2-4-6-15;/h2-6,14,16H,7-13,19H2,1H3;1H/t14-,16-;/m0./s1. The van der Waals surface area contributed by atoms with Crippen LogP contribution in [0.2, 0.25) is 0 Å². The maximum absolute atomic E-state index is 12.2. The van der Waals surface area contributed by atoms with Gasteiger partial charge in [-0.2, -0.15) is 0 Å². The topological polar surface area (TPSA) is 55.6 Å². The van der Waals surface area contributed by atoms with E-state index >= 15 is 0 Å². The molecule has 2 fully saturated rings. The summed E-state index contributed by atoms with van der Waals surface area (Å²) in [5.74, 6) is 0.714. The zero-order valence-electron chi connectivity index (χ0n) is 13.7. The van der Waals surface area contributed by atoms with Crippen molar-refractivity contribution in [3.8, 4) is 0 Å². The number of benzene rings is 1. The fraction of sp³-hybridized carbons (Fsp3) is 0.611. The smallest absolute Gasteiger partial charge is 0.410 e. The molecule has 1 spiro atoms. The van der Waals surface area contributed by atoms with Crippen LogP contribution in [-0.4, -0.2) is 30.1 Å². The highest BCUT2D eigenvalue weighted by Gasteiger charge is 2.46. The molecule has 23 heavy (non-hydrogen) atoms. The second-order valence-corrected chi connectivity index (χ2v) is 7.04. The van der Waals surface area contributed by atoms with Gasteiger partial charge in [-0.25, -0.2) is 4.79 Å². The number of hydrogen-bond acceptors (Lipinski definition) is 3. The molecule has 128 valence electrons. The number of carbonyl (C=O) groups is 1. The summed E-state index contributed by atoms with van der Waals surface area (Å²) in [5.41, 5.74) is 7.64. The third-order valence-corrected chi connectivity index (χ3v) is 5.42. The van der Waals surface area contributed by atoms with E-state index < -0.39 is 0 Å². The Morgan fingerprint density at radius 3 is 2.52 bits per heavy atom. The Morgan fingerprint density at radius 1 is 1.30 bits per heavy atom. The average molecular weight is 339 g/mol. The molecule has 0 bridgehead atoms. The SMILES string of the molecule is C[C@H]1C[C@H](N)C2(CCN(C(=O)OCc3ccccc3)CC2)C1.Cl. The number of likely N-dealkylation sites (tertiary alicyclic amines) is 1. The fourth-order valence-corrected chi connectivity index (χ4v) is 4.13. The molecule has 0 radical (unpaired) electrons. The number of carbonyl (C=O) groups excluding carboxylic acids is 1. The maximum Gasteiger partial charge on any atom is 0.410 e. The molecule has 1 amide bonds. The predicted molar refractivity (Wildman–Crippen MR) is 93.5 cm³/mol. The lowest BCUT2D eigenvalue weighted by atomic mass is 9.74. The summed E-state index contributed by atoms with van der Waals surface area (Å²) < 4.78 is 5.42. The van der Waals surface area contributed by atoms with E-state index in [0.29, 0.717) is 18.6 Å². The van der Waals surface area contributed by atoms with Crippen LogP contribution in [0.1, 0.15) is 38.2 Å². The Morgan fingerprint density at radius 2 is 1.96 bits per heavy atom. The van der Waals surface area contributed by atoms with Gasteiger partial charge in [-0.05, 0) is 42.6 Å². The van der Waals surface area contributed by atoms with Gasteiger partial charge in [-0.3, -0.25) is 0 Å². The third kappa shape index (κ3) is 3.99. The first-order valence-electron chi connectivity index (χ1n) is 8.30. The molecule has 5 heteroatoms. The molecular formula is C18H27ClN2O2. The van der Waals surface area contributed by atoms with Crippen molar-refractivity contribution in [3.05, 3.63) is 35.9 Å². The highest BCUT2D eigenvalue weighted by molar-refractivity contribution is 5.85. The lowest BCUT2D eigenvalue weighted by Crippen LogP contribution is -2.48. The first-order valence-corrected chi connectivity index (χ1v) is 8.30. The Kier molecular flexibility index (Phi) is 5.93. The van der Waals surface area contributed by atoms with Crippen molar-refractivity contribution in [1.29, 1.82) is 0 Å². The molecular weight excluding hydrogens is 312 g/mol. The van der Waals surface area contributed by atoms with Gasteiger partial charge in [0.25, 0.3) is 0 Å². The van der Waals surface area contributed by atoms with Crippen LogP contribution in [0.25, 0.3) is 0 Å². The monoisotopic (exact) mass is 338 g/mol. The zero-order chi connectivity index (χ0) is 15.6. The number of amides is 1. The number of nitrogens with zero attached hydrogens (tertiary/aromatic N) is 1. The number of hydrogen-bond donors (Lipinski definition) is 1. The van der Waals surface area contributed by atoms with Gasteiger partial charge < -0.3 is 15.4 Å². The van der Waals surface area contributed by atoms with Crippen LogP contribution in [0.5, 0.6) is 0 Å².